The average molecular weight is 191 g/mol. The van der Waals surface area contributed by atoms with E-state index >= 15 is 0 Å². The summed E-state index contributed by atoms with van der Waals surface area (Å²) in [6.07, 6.45) is -0.502. The minimum Gasteiger partial charge on any atom is -0.481 e. The largest absolute Gasteiger partial charge is 0.481 e. The Labute approximate surface area is 73.1 Å². The van der Waals surface area contributed by atoms with Gasteiger partial charge in [0.25, 0.3) is 0 Å². The van der Waals surface area contributed by atoms with Crippen LogP contribution in [0, 0.1) is 16.0 Å². The van der Waals surface area contributed by atoms with Crippen LogP contribution in [0.25, 0.3) is 0 Å². The maximum absolute atomic E-state index is 10.3. The van der Waals surface area contributed by atoms with Gasteiger partial charge >= 0.3 is 11.9 Å². The minimum atomic E-state index is -1.71. The number of carboxylic acid groups (broad SMARTS) is 2. The van der Waals surface area contributed by atoms with Gasteiger partial charge in [0.05, 0.1) is 0 Å². The summed E-state index contributed by atoms with van der Waals surface area (Å²) in [4.78, 5) is 30.0. The van der Waals surface area contributed by atoms with Crippen LogP contribution < -0.4 is 0 Å². The van der Waals surface area contributed by atoms with E-state index in [4.69, 9.17) is 10.2 Å². The summed E-state index contributed by atoms with van der Waals surface area (Å²) in [5.41, 5.74) is 0. The lowest BCUT2D eigenvalue weighted by Gasteiger charge is -2.07. The van der Waals surface area contributed by atoms with Crippen molar-refractivity contribution >= 4 is 11.9 Å². The molecule has 1 atom stereocenters. The molecular formula is C6H9NO6. The molecule has 7 nitrogen and oxygen atoms in total. The molecule has 0 rings (SSSR count). The molecule has 13 heavy (non-hydrogen) atoms. The van der Waals surface area contributed by atoms with Crippen LogP contribution in [0.1, 0.15) is 13.3 Å². The molecule has 0 radical (unpaired) electrons. The van der Waals surface area contributed by atoms with Crippen LogP contribution in [-0.2, 0) is 9.59 Å². The Hall–Kier alpha value is -1.66. The fraction of sp³-hybridized carbons (Fsp3) is 0.667. The van der Waals surface area contributed by atoms with Crippen LogP contribution in [-0.4, -0.2) is 33.1 Å². The number of carboxylic acids is 2. The van der Waals surface area contributed by atoms with Crippen molar-refractivity contribution in [1.29, 1.82) is 0 Å². The van der Waals surface area contributed by atoms with E-state index in [2.05, 4.69) is 0 Å². The van der Waals surface area contributed by atoms with Crippen molar-refractivity contribution in [1.82, 2.24) is 0 Å². The second-order valence-electron chi connectivity index (χ2n) is 2.60. The van der Waals surface area contributed by atoms with Crippen molar-refractivity contribution in [3.8, 4) is 0 Å². The van der Waals surface area contributed by atoms with Crippen LogP contribution in [0.15, 0.2) is 0 Å². The molecule has 0 saturated heterocycles. The zero-order chi connectivity index (χ0) is 10.6. The topological polar surface area (TPSA) is 118 Å². The highest BCUT2D eigenvalue weighted by Crippen LogP contribution is 2.09. The van der Waals surface area contributed by atoms with E-state index in [0.717, 1.165) is 0 Å². The molecule has 0 spiro atoms. The summed E-state index contributed by atoms with van der Waals surface area (Å²) in [6.45, 7) is 1.17. The lowest BCUT2D eigenvalue weighted by atomic mass is 10.0. The summed E-state index contributed by atoms with van der Waals surface area (Å²) in [6, 6.07) is -1.17. The summed E-state index contributed by atoms with van der Waals surface area (Å²) in [7, 11) is 0. The Morgan fingerprint density at radius 2 is 1.77 bits per heavy atom. The molecule has 0 aromatic rings. The first kappa shape index (κ1) is 11.3. The zero-order valence-electron chi connectivity index (χ0n) is 6.84. The summed E-state index contributed by atoms with van der Waals surface area (Å²) in [5, 5.41) is 26.8. The molecule has 0 fully saturated rings. The van der Waals surface area contributed by atoms with Crippen molar-refractivity contribution in [3.05, 3.63) is 10.1 Å². The van der Waals surface area contributed by atoms with Crippen LogP contribution in [0.2, 0.25) is 0 Å². The minimum absolute atomic E-state index is 0.502. The van der Waals surface area contributed by atoms with Gasteiger partial charge in [-0.25, -0.2) is 0 Å². The molecule has 0 aliphatic rings. The predicted octanol–water partition coefficient (Wildman–Crippen LogP) is -0.173. The van der Waals surface area contributed by atoms with Crippen molar-refractivity contribution in [3.63, 3.8) is 0 Å². The van der Waals surface area contributed by atoms with Gasteiger partial charge in [-0.1, -0.05) is 0 Å². The third-order valence-corrected chi connectivity index (χ3v) is 1.53. The molecule has 1 unspecified atom stereocenters. The van der Waals surface area contributed by atoms with E-state index in [9.17, 15) is 19.7 Å². The fourth-order valence-corrected chi connectivity index (χ4v) is 0.734. The molecule has 0 saturated carbocycles. The average Bonchev–Trinajstić information content (AvgIpc) is 1.97. The maximum atomic E-state index is 10.3. The first-order valence-electron chi connectivity index (χ1n) is 3.45. The SMILES string of the molecule is CC(CC(C(=O)O)C(=O)O)[N+](=O)[O-]. The Kier molecular flexibility index (Phi) is 3.83. The molecule has 0 aromatic heterocycles. The van der Waals surface area contributed by atoms with Gasteiger partial charge in [0.1, 0.15) is 0 Å². The number of nitrogens with zero attached hydrogens (tertiary/aromatic N) is 1. The second-order valence-corrected chi connectivity index (χ2v) is 2.60. The lowest BCUT2D eigenvalue weighted by Crippen LogP contribution is -2.29. The van der Waals surface area contributed by atoms with E-state index in [1.807, 2.05) is 0 Å². The van der Waals surface area contributed by atoms with Gasteiger partial charge in [0.15, 0.2) is 5.92 Å². The smallest absolute Gasteiger partial charge is 0.318 e. The van der Waals surface area contributed by atoms with Gasteiger partial charge in [0.2, 0.25) is 6.04 Å². The number of rotatable bonds is 5. The van der Waals surface area contributed by atoms with Crippen LogP contribution in [0.3, 0.4) is 0 Å². The normalized spacial score (nSPS) is 12.5. The van der Waals surface area contributed by atoms with Gasteiger partial charge in [-0.3, -0.25) is 19.7 Å². The first-order valence-corrected chi connectivity index (χ1v) is 3.45. The molecule has 0 aromatic carbocycles. The van der Waals surface area contributed by atoms with Crippen LogP contribution in [0.4, 0.5) is 0 Å². The molecule has 0 aliphatic carbocycles. The molecule has 74 valence electrons. The summed E-state index contributed by atoms with van der Waals surface area (Å²) < 4.78 is 0. The second kappa shape index (κ2) is 4.39. The number of carbonyl (C=O) groups is 2. The third-order valence-electron chi connectivity index (χ3n) is 1.53. The Bertz CT molecular complexity index is 223. The van der Waals surface area contributed by atoms with Gasteiger partial charge in [-0.2, -0.15) is 0 Å². The van der Waals surface area contributed by atoms with Crippen LogP contribution >= 0.6 is 0 Å². The monoisotopic (exact) mass is 191 g/mol. The Balaban J connectivity index is 4.35. The molecule has 0 amide bonds. The lowest BCUT2D eigenvalue weighted by molar-refractivity contribution is -0.519. The van der Waals surface area contributed by atoms with Crippen molar-refractivity contribution in [2.45, 2.75) is 19.4 Å². The fourth-order valence-electron chi connectivity index (χ4n) is 0.734. The highest BCUT2D eigenvalue weighted by molar-refractivity contribution is 5.92. The van der Waals surface area contributed by atoms with Crippen molar-refractivity contribution < 1.29 is 24.7 Å². The Morgan fingerprint density at radius 1 is 1.38 bits per heavy atom. The van der Waals surface area contributed by atoms with Gasteiger partial charge < -0.3 is 10.2 Å². The van der Waals surface area contributed by atoms with Crippen LogP contribution in [0.5, 0.6) is 0 Å². The number of aliphatic carboxylic acids is 2. The van der Waals surface area contributed by atoms with E-state index in [0.29, 0.717) is 0 Å². The molecule has 2 N–H and O–H groups in total. The zero-order valence-corrected chi connectivity index (χ0v) is 6.84. The van der Waals surface area contributed by atoms with Gasteiger partial charge in [0, 0.05) is 18.3 Å². The molecular weight excluding hydrogens is 182 g/mol. The maximum Gasteiger partial charge on any atom is 0.318 e. The Morgan fingerprint density at radius 3 is 2.00 bits per heavy atom. The summed E-state index contributed by atoms with van der Waals surface area (Å²) in [5.74, 6) is -4.82. The highest BCUT2D eigenvalue weighted by atomic mass is 16.6. The predicted molar refractivity (Wildman–Crippen MR) is 39.8 cm³/mol. The van der Waals surface area contributed by atoms with Gasteiger partial charge in [-0.15, -0.1) is 0 Å². The number of hydrogen-bond acceptors (Lipinski definition) is 4. The molecule has 0 bridgehead atoms. The first-order chi connectivity index (χ1) is 5.86. The standard InChI is InChI=1S/C6H9NO6/c1-3(7(12)13)2-4(5(8)9)6(10)11/h3-4H,2H2,1H3,(H,8,9)(H,10,11). The molecule has 0 aliphatic heterocycles. The van der Waals surface area contributed by atoms with Crippen molar-refractivity contribution in [2.24, 2.45) is 5.92 Å². The van der Waals surface area contributed by atoms with E-state index in [1.165, 1.54) is 6.92 Å². The quantitative estimate of drug-likeness (QED) is 0.353. The number of nitro groups is 1. The van der Waals surface area contributed by atoms with Crippen molar-refractivity contribution in [2.75, 3.05) is 0 Å². The van der Waals surface area contributed by atoms with E-state index < -0.39 is 35.2 Å². The molecule has 7 heteroatoms. The van der Waals surface area contributed by atoms with Gasteiger partial charge in [-0.05, 0) is 0 Å². The number of hydrogen-bond donors (Lipinski definition) is 2. The van der Waals surface area contributed by atoms with E-state index in [1.54, 1.807) is 0 Å². The van der Waals surface area contributed by atoms with E-state index in [-0.39, 0.29) is 0 Å². The highest BCUT2D eigenvalue weighted by Gasteiger charge is 2.31. The molecule has 0 heterocycles. The summed E-state index contributed by atoms with van der Waals surface area (Å²) >= 11 is 0. The third kappa shape index (κ3) is 3.50.